The van der Waals surface area contributed by atoms with Crippen LogP contribution in [0, 0.1) is 0 Å². The van der Waals surface area contributed by atoms with Gasteiger partial charge in [0, 0.05) is 16.1 Å². The van der Waals surface area contributed by atoms with Gasteiger partial charge in [-0.25, -0.2) is 4.79 Å². The van der Waals surface area contributed by atoms with Crippen LogP contribution in [0.5, 0.6) is 5.75 Å². The van der Waals surface area contributed by atoms with Gasteiger partial charge in [0.2, 0.25) is 0 Å². The Bertz CT molecular complexity index is 706. The van der Waals surface area contributed by atoms with Gasteiger partial charge in [0.1, 0.15) is 5.75 Å². The third-order valence-corrected chi connectivity index (χ3v) is 3.35. The first kappa shape index (κ1) is 13.5. The van der Waals surface area contributed by atoms with E-state index in [1.807, 2.05) is 24.3 Å². The molecule has 0 amide bonds. The van der Waals surface area contributed by atoms with Crippen molar-refractivity contribution >= 4 is 23.8 Å². The predicted molar refractivity (Wildman–Crippen MR) is 78.3 cm³/mol. The number of para-hydroxylation sites is 1. The minimum absolute atomic E-state index is 0.225. The van der Waals surface area contributed by atoms with E-state index in [1.54, 1.807) is 30.3 Å². The van der Waals surface area contributed by atoms with Gasteiger partial charge in [0.15, 0.2) is 11.9 Å². The molecule has 0 saturated heterocycles. The summed E-state index contributed by atoms with van der Waals surface area (Å²) < 4.78 is 10.7. The fourth-order valence-electron chi connectivity index (χ4n) is 2.17. The molecule has 3 rings (SSSR count). The average Bonchev–Trinajstić information content (AvgIpc) is 2.47. The topological polar surface area (TPSA) is 55.8 Å². The van der Waals surface area contributed by atoms with E-state index in [0.717, 1.165) is 11.1 Å². The molecule has 0 fully saturated rings. The number of hydrogen-bond donors (Lipinski definition) is 1. The van der Waals surface area contributed by atoms with Crippen molar-refractivity contribution in [2.45, 2.75) is 6.10 Å². The summed E-state index contributed by atoms with van der Waals surface area (Å²) in [5, 5.41) is 9.48. The SMILES string of the molecule is O=C(O)OC1=Cc2ccccc2OC1c1ccc(Cl)cc1. The number of benzene rings is 2. The van der Waals surface area contributed by atoms with Crippen molar-refractivity contribution in [1.82, 2.24) is 0 Å². The first-order valence-electron chi connectivity index (χ1n) is 6.27. The van der Waals surface area contributed by atoms with E-state index in [0.29, 0.717) is 10.8 Å². The minimum Gasteiger partial charge on any atom is -0.477 e. The molecule has 2 aromatic rings. The second-order valence-corrected chi connectivity index (χ2v) is 4.94. The van der Waals surface area contributed by atoms with Crippen molar-refractivity contribution in [3.8, 4) is 5.75 Å². The predicted octanol–water partition coefficient (Wildman–Crippen LogP) is 4.51. The van der Waals surface area contributed by atoms with Crippen LogP contribution in [0.4, 0.5) is 4.79 Å². The fourth-order valence-corrected chi connectivity index (χ4v) is 2.30. The van der Waals surface area contributed by atoms with Crippen molar-refractivity contribution in [1.29, 1.82) is 0 Å². The molecule has 1 atom stereocenters. The molecule has 0 radical (unpaired) electrons. The Morgan fingerprint density at radius 1 is 1.14 bits per heavy atom. The van der Waals surface area contributed by atoms with Crippen molar-refractivity contribution in [3.63, 3.8) is 0 Å². The summed E-state index contributed by atoms with van der Waals surface area (Å²) in [5.41, 5.74) is 1.54. The summed E-state index contributed by atoms with van der Waals surface area (Å²) in [6.45, 7) is 0. The van der Waals surface area contributed by atoms with E-state index in [1.165, 1.54) is 0 Å². The lowest BCUT2D eigenvalue weighted by molar-refractivity contribution is 0.0900. The number of ether oxygens (including phenoxy) is 2. The van der Waals surface area contributed by atoms with Crippen LogP contribution in [-0.4, -0.2) is 11.3 Å². The summed E-state index contributed by atoms with van der Waals surface area (Å²) in [7, 11) is 0. The van der Waals surface area contributed by atoms with Crippen LogP contribution in [-0.2, 0) is 4.74 Å². The average molecular weight is 303 g/mol. The summed E-state index contributed by atoms with van der Waals surface area (Å²) in [4.78, 5) is 10.9. The molecule has 1 unspecified atom stereocenters. The highest BCUT2D eigenvalue weighted by molar-refractivity contribution is 6.30. The number of hydrogen-bond acceptors (Lipinski definition) is 3. The van der Waals surface area contributed by atoms with E-state index in [9.17, 15) is 4.79 Å². The van der Waals surface area contributed by atoms with E-state index >= 15 is 0 Å². The van der Waals surface area contributed by atoms with Crippen LogP contribution in [0.15, 0.2) is 54.3 Å². The van der Waals surface area contributed by atoms with E-state index in [4.69, 9.17) is 26.2 Å². The lowest BCUT2D eigenvalue weighted by Gasteiger charge is -2.26. The van der Waals surface area contributed by atoms with Gasteiger partial charge in [-0.1, -0.05) is 41.9 Å². The molecular weight excluding hydrogens is 292 g/mol. The fraction of sp³-hybridized carbons (Fsp3) is 0.0625. The van der Waals surface area contributed by atoms with Crippen molar-refractivity contribution in [2.75, 3.05) is 0 Å². The van der Waals surface area contributed by atoms with Crippen LogP contribution in [0.25, 0.3) is 6.08 Å². The maximum atomic E-state index is 10.9. The summed E-state index contributed by atoms with van der Waals surface area (Å²) in [5.74, 6) is 0.902. The summed E-state index contributed by atoms with van der Waals surface area (Å²) in [6, 6.07) is 14.4. The van der Waals surface area contributed by atoms with Gasteiger partial charge >= 0.3 is 6.16 Å². The molecule has 2 aromatic carbocycles. The number of halogens is 1. The molecule has 0 saturated carbocycles. The van der Waals surface area contributed by atoms with E-state index < -0.39 is 12.3 Å². The van der Waals surface area contributed by atoms with Crippen LogP contribution in [0.1, 0.15) is 17.2 Å². The molecule has 0 bridgehead atoms. The number of carboxylic acid groups (broad SMARTS) is 1. The Kier molecular flexibility index (Phi) is 3.54. The molecule has 1 N–H and O–H groups in total. The quantitative estimate of drug-likeness (QED) is 0.829. The molecule has 0 spiro atoms. The molecule has 1 aliphatic rings. The zero-order valence-corrected chi connectivity index (χ0v) is 11.6. The Labute approximate surface area is 126 Å². The zero-order valence-electron chi connectivity index (χ0n) is 10.8. The molecule has 1 heterocycles. The van der Waals surface area contributed by atoms with Gasteiger partial charge in [0.05, 0.1) is 0 Å². The Balaban J connectivity index is 2.03. The maximum absolute atomic E-state index is 10.9. The van der Waals surface area contributed by atoms with Gasteiger partial charge < -0.3 is 14.6 Å². The first-order chi connectivity index (χ1) is 10.1. The van der Waals surface area contributed by atoms with Gasteiger partial charge in [-0.15, -0.1) is 0 Å². The molecule has 4 nitrogen and oxygen atoms in total. The van der Waals surface area contributed by atoms with Gasteiger partial charge in [-0.2, -0.15) is 0 Å². The van der Waals surface area contributed by atoms with Crippen LogP contribution >= 0.6 is 11.6 Å². The van der Waals surface area contributed by atoms with Crippen molar-refractivity contribution < 1.29 is 19.4 Å². The Morgan fingerprint density at radius 3 is 2.57 bits per heavy atom. The van der Waals surface area contributed by atoms with Crippen molar-refractivity contribution in [2.24, 2.45) is 0 Å². The highest BCUT2D eigenvalue weighted by Crippen LogP contribution is 2.37. The third kappa shape index (κ3) is 2.85. The smallest absolute Gasteiger partial charge is 0.477 e. The highest BCUT2D eigenvalue weighted by atomic mass is 35.5. The Morgan fingerprint density at radius 2 is 1.86 bits per heavy atom. The summed E-state index contributed by atoms with van der Waals surface area (Å²) in [6.07, 6.45) is -0.317. The van der Waals surface area contributed by atoms with Crippen molar-refractivity contribution in [3.05, 3.63) is 70.4 Å². The van der Waals surface area contributed by atoms with Gasteiger partial charge in [-0.05, 0) is 24.3 Å². The first-order valence-corrected chi connectivity index (χ1v) is 6.65. The van der Waals surface area contributed by atoms with Crippen LogP contribution < -0.4 is 4.74 Å². The molecule has 0 aliphatic carbocycles. The van der Waals surface area contributed by atoms with Crippen LogP contribution in [0.2, 0.25) is 5.02 Å². The second kappa shape index (κ2) is 5.50. The number of rotatable bonds is 2. The molecule has 106 valence electrons. The second-order valence-electron chi connectivity index (χ2n) is 4.50. The molecule has 0 aromatic heterocycles. The number of carbonyl (C=O) groups is 1. The zero-order chi connectivity index (χ0) is 14.8. The normalized spacial score (nSPS) is 16.4. The van der Waals surface area contributed by atoms with E-state index in [2.05, 4.69) is 0 Å². The van der Waals surface area contributed by atoms with Gasteiger partial charge in [-0.3, -0.25) is 0 Å². The molecule has 5 heteroatoms. The standard InChI is InChI=1S/C16H11ClO4/c17-12-7-5-10(6-8-12)15-14(21-16(18)19)9-11-3-1-2-4-13(11)20-15/h1-9,15H,(H,18,19). The lowest BCUT2D eigenvalue weighted by Crippen LogP contribution is -2.18. The van der Waals surface area contributed by atoms with Gasteiger partial charge in [0.25, 0.3) is 0 Å². The minimum atomic E-state index is -1.37. The van der Waals surface area contributed by atoms with Crippen LogP contribution in [0.3, 0.4) is 0 Å². The van der Waals surface area contributed by atoms with E-state index in [-0.39, 0.29) is 5.76 Å². The largest absolute Gasteiger partial charge is 0.511 e. The molecule has 21 heavy (non-hydrogen) atoms. The molecular formula is C16H11ClO4. The lowest BCUT2D eigenvalue weighted by atomic mass is 10.0. The summed E-state index contributed by atoms with van der Waals surface area (Å²) >= 11 is 5.87. The third-order valence-electron chi connectivity index (χ3n) is 3.10. The maximum Gasteiger partial charge on any atom is 0.511 e. The molecule has 1 aliphatic heterocycles. The monoisotopic (exact) mass is 302 g/mol. The Hall–Kier alpha value is -2.46. The number of fused-ring (bicyclic) bond motifs is 1. The highest BCUT2D eigenvalue weighted by Gasteiger charge is 2.27.